The van der Waals surface area contributed by atoms with Crippen LogP contribution in [0.1, 0.15) is 11.4 Å². The predicted octanol–water partition coefficient (Wildman–Crippen LogP) is 2.40. The molecule has 0 bridgehead atoms. The van der Waals surface area contributed by atoms with Crippen molar-refractivity contribution in [2.24, 2.45) is 5.73 Å². The number of aryl methyl sites for hydroxylation is 1. The topological polar surface area (TPSA) is 43.8 Å². The molecule has 0 radical (unpaired) electrons. The Kier molecular flexibility index (Phi) is 2.88. The van der Waals surface area contributed by atoms with E-state index >= 15 is 0 Å². The second-order valence-electron chi connectivity index (χ2n) is 3.32. The summed E-state index contributed by atoms with van der Waals surface area (Å²) >= 11 is 3.47. The highest BCUT2D eigenvalue weighted by atomic mass is 79.9. The Morgan fingerprint density at radius 1 is 1.47 bits per heavy atom. The summed E-state index contributed by atoms with van der Waals surface area (Å²) in [7, 11) is 0. The van der Waals surface area contributed by atoms with Crippen LogP contribution >= 0.6 is 15.9 Å². The third-order valence-electron chi connectivity index (χ3n) is 2.35. The lowest BCUT2D eigenvalue weighted by Crippen LogP contribution is -2.01. The molecule has 0 aliphatic carbocycles. The third-order valence-corrected chi connectivity index (χ3v) is 3.13. The van der Waals surface area contributed by atoms with Crippen LogP contribution in [0.3, 0.4) is 0 Å². The van der Waals surface area contributed by atoms with Crippen molar-refractivity contribution in [1.82, 2.24) is 9.55 Å². The van der Waals surface area contributed by atoms with Gasteiger partial charge in [-0.05, 0) is 30.7 Å². The molecule has 1 heterocycles. The smallest absolute Gasteiger partial charge is 0.110 e. The van der Waals surface area contributed by atoms with Gasteiger partial charge in [0.05, 0.1) is 0 Å². The molecule has 2 aromatic rings. The Balaban J connectivity index is 2.51. The molecule has 0 saturated carbocycles. The van der Waals surface area contributed by atoms with Crippen LogP contribution in [0, 0.1) is 6.92 Å². The summed E-state index contributed by atoms with van der Waals surface area (Å²) in [6, 6.07) is 6.12. The van der Waals surface area contributed by atoms with E-state index in [0.717, 1.165) is 21.5 Å². The Bertz CT molecular complexity index is 476. The number of nitrogens with two attached hydrogens (primary N) is 1. The van der Waals surface area contributed by atoms with Crippen LogP contribution in [0.4, 0.5) is 0 Å². The highest BCUT2D eigenvalue weighted by Gasteiger charge is 2.03. The van der Waals surface area contributed by atoms with Crippen LogP contribution in [0.15, 0.2) is 35.1 Å². The SMILES string of the molecule is Cc1nccn1-c1ccc(Br)c(CN)c1. The van der Waals surface area contributed by atoms with E-state index in [1.165, 1.54) is 0 Å². The molecule has 4 heteroatoms. The lowest BCUT2D eigenvalue weighted by molar-refractivity contribution is 0.962. The highest BCUT2D eigenvalue weighted by Crippen LogP contribution is 2.20. The fourth-order valence-corrected chi connectivity index (χ4v) is 1.93. The summed E-state index contributed by atoms with van der Waals surface area (Å²) in [5.41, 5.74) is 7.85. The molecule has 2 rings (SSSR count). The van der Waals surface area contributed by atoms with Crippen molar-refractivity contribution < 1.29 is 0 Å². The molecular formula is C11H12BrN3. The normalized spacial score (nSPS) is 10.6. The molecule has 1 aromatic carbocycles. The van der Waals surface area contributed by atoms with Gasteiger partial charge in [-0.2, -0.15) is 0 Å². The molecule has 1 aromatic heterocycles. The minimum Gasteiger partial charge on any atom is -0.326 e. The fourth-order valence-electron chi connectivity index (χ4n) is 1.52. The van der Waals surface area contributed by atoms with Gasteiger partial charge in [-0.1, -0.05) is 15.9 Å². The molecule has 0 unspecified atom stereocenters. The maximum atomic E-state index is 5.66. The van der Waals surface area contributed by atoms with Crippen molar-refractivity contribution in [2.45, 2.75) is 13.5 Å². The number of benzene rings is 1. The van der Waals surface area contributed by atoms with E-state index in [9.17, 15) is 0 Å². The van der Waals surface area contributed by atoms with Gasteiger partial charge in [0.1, 0.15) is 5.82 Å². The molecule has 3 nitrogen and oxygen atoms in total. The maximum Gasteiger partial charge on any atom is 0.110 e. The van der Waals surface area contributed by atoms with Crippen LogP contribution in [-0.4, -0.2) is 9.55 Å². The Hall–Kier alpha value is -1.13. The summed E-state index contributed by atoms with van der Waals surface area (Å²) in [5, 5.41) is 0. The van der Waals surface area contributed by atoms with Crippen molar-refractivity contribution in [1.29, 1.82) is 0 Å². The summed E-state index contributed by atoms with van der Waals surface area (Å²) in [6.07, 6.45) is 3.73. The van der Waals surface area contributed by atoms with E-state index in [-0.39, 0.29) is 0 Å². The highest BCUT2D eigenvalue weighted by molar-refractivity contribution is 9.10. The first-order chi connectivity index (χ1) is 7.22. The minimum atomic E-state index is 0.530. The second kappa shape index (κ2) is 4.16. The monoisotopic (exact) mass is 265 g/mol. The standard InChI is InChI=1S/C11H12BrN3/c1-8-14-4-5-15(8)10-2-3-11(12)9(6-10)7-13/h2-6H,7,13H2,1H3. The number of halogens is 1. The molecule has 0 aliphatic rings. The lowest BCUT2D eigenvalue weighted by atomic mass is 10.2. The van der Waals surface area contributed by atoms with E-state index in [1.54, 1.807) is 6.20 Å². The first-order valence-corrected chi connectivity index (χ1v) is 5.50. The minimum absolute atomic E-state index is 0.530. The van der Waals surface area contributed by atoms with Crippen LogP contribution in [-0.2, 0) is 6.54 Å². The zero-order chi connectivity index (χ0) is 10.8. The van der Waals surface area contributed by atoms with Gasteiger partial charge in [-0.25, -0.2) is 4.98 Å². The first kappa shape index (κ1) is 10.4. The molecule has 0 atom stereocenters. The average Bonchev–Trinajstić information content (AvgIpc) is 2.65. The lowest BCUT2D eigenvalue weighted by Gasteiger charge is -2.08. The summed E-state index contributed by atoms with van der Waals surface area (Å²) in [4.78, 5) is 4.19. The largest absolute Gasteiger partial charge is 0.326 e. The van der Waals surface area contributed by atoms with Gasteiger partial charge in [0.2, 0.25) is 0 Å². The Morgan fingerprint density at radius 3 is 2.87 bits per heavy atom. The van der Waals surface area contributed by atoms with Gasteiger partial charge in [0.25, 0.3) is 0 Å². The van der Waals surface area contributed by atoms with E-state index in [1.807, 2.05) is 29.8 Å². The van der Waals surface area contributed by atoms with Gasteiger partial charge < -0.3 is 10.3 Å². The van der Waals surface area contributed by atoms with E-state index in [2.05, 4.69) is 27.0 Å². The van der Waals surface area contributed by atoms with Gasteiger partial charge in [-0.3, -0.25) is 0 Å². The molecule has 15 heavy (non-hydrogen) atoms. The zero-order valence-electron chi connectivity index (χ0n) is 8.44. The van der Waals surface area contributed by atoms with Gasteiger partial charge in [0.15, 0.2) is 0 Å². The molecular weight excluding hydrogens is 254 g/mol. The van der Waals surface area contributed by atoms with Crippen LogP contribution in [0.5, 0.6) is 0 Å². The molecule has 0 fully saturated rings. The van der Waals surface area contributed by atoms with E-state index < -0.39 is 0 Å². The van der Waals surface area contributed by atoms with Gasteiger partial charge >= 0.3 is 0 Å². The molecule has 0 spiro atoms. The number of rotatable bonds is 2. The van der Waals surface area contributed by atoms with Crippen LogP contribution < -0.4 is 5.73 Å². The molecule has 2 N–H and O–H groups in total. The van der Waals surface area contributed by atoms with Crippen LogP contribution in [0.25, 0.3) is 5.69 Å². The van der Waals surface area contributed by atoms with Crippen molar-refractivity contribution in [2.75, 3.05) is 0 Å². The summed E-state index contributed by atoms with van der Waals surface area (Å²) in [5.74, 6) is 0.972. The quantitative estimate of drug-likeness (QED) is 0.907. The maximum absolute atomic E-state index is 5.66. The summed E-state index contributed by atoms with van der Waals surface area (Å²) in [6.45, 7) is 2.51. The zero-order valence-corrected chi connectivity index (χ0v) is 10.0. The molecule has 0 amide bonds. The third kappa shape index (κ3) is 1.96. The number of hydrogen-bond acceptors (Lipinski definition) is 2. The second-order valence-corrected chi connectivity index (χ2v) is 4.18. The molecule has 78 valence electrons. The first-order valence-electron chi connectivity index (χ1n) is 4.71. The number of hydrogen-bond donors (Lipinski definition) is 1. The van der Waals surface area contributed by atoms with Crippen molar-refractivity contribution in [3.63, 3.8) is 0 Å². The molecule has 0 saturated heterocycles. The van der Waals surface area contributed by atoms with Crippen LogP contribution in [0.2, 0.25) is 0 Å². The fraction of sp³-hybridized carbons (Fsp3) is 0.182. The van der Waals surface area contributed by atoms with Gasteiger partial charge in [-0.15, -0.1) is 0 Å². The van der Waals surface area contributed by atoms with Crippen molar-refractivity contribution in [3.05, 3.63) is 46.5 Å². The number of aromatic nitrogens is 2. The van der Waals surface area contributed by atoms with Crippen molar-refractivity contribution in [3.8, 4) is 5.69 Å². The number of nitrogens with zero attached hydrogens (tertiary/aromatic N) is 2. The van der Waals surface area contributed by atoms with E-state index in [0.29, 0.717) is 6.54 Å². The Morgan fingerprint density at radius 2 is 2.27 bits per heavy atom. The molecule has 0 aliphatic heterocycles. The average molecular weight is 266 g/mol. The number of imidazole rings is 1. The Labute approximate surface area is 97.1 Å². The van der Waals surface area contributed by atoms with E-state index in [4.69, 9.17) is 5.73 Å². The predicted molar refractivity (Wildman–Crippen MR) is 63.9 cm³/mol. The van der Waals surface area contributed by atoms with Crippen molar-refractivity contribution >= 4 is 15.9 Å². The summed E-state index contributed by atoms with van der Waals surface area (Å²) < 4.78 is 3.08. The van der Waals surface area contributed by atoms with Gasteiger partial charge in [0, 0.05) is 29.1 Å².